The lowest BCUT2D eigenvalue weighted by Crippen LogP contribution is -2.10. The van der Waals surface area contributed by atoms with Crippen LogP contribution in [0.15, 0.2) is 47.7 Å². The Morgan fingerprint density at radius 1 is 1.11 bits per heavy atom. The second-order valence-corrected chi connectivity index (χ2v) is 5.49. The van der Waals surface area contributed by atoms with Crippen LogP contribution in [0.1, 0.15) is 31.9 Å². The van der Waals surface area contributed by atoms with Crippen LogP contribution in [-0.2, 0) is 5.41 Å². The first kappa shape index (κ1) is 13.3. The highest BCUT2D eigenvalue weighted by Crippen LogP contribution is 2.32. The van der Waals surface area contributed by atoms with Crippen LogP contribution in [0, 0.1) is 0 Å². The fourth-order valence-corrected chi connectivity index (χ4v) is 1.69. The van der Waals surface area contributed by atoms with Gasteiger partial charge in [-0.2, -0.15) is 0 Å². The quantitative estimate of drug-likeness (QED) is 0.828. The number of hydrogen-bond acceptors (Lipinski definition) is 3. The average molecular weight is 254 g/mol. The maximum absolute atomic E-state index is 9.85. The Balaban J connectivity index is 2.32. The van der Waals surface area contributed by atoms with Gasteiger partial charge < -0.3 is 5.11 Å². The van der Waals surface area contributed by atoms with Crippen LogP contribution >= 0.6 is 0 Å². The van der Waals surface area contributed by atoms with E-state index in [2.05, 4.69) is 30.7 Å². The number of aromatic hydroxyl groups is 1. The number of aromatic nitrogens is 1. The molecule has 0 radical (unpaired) electrons. The fraction of sp³-hybridized carbons (Fsp3) is 0.250. The van der Waals surface area contributed by atoms with Gasteiger partial charge in [-0.15, -0.1) is 0 Å². The summed E-state index contributed by atoms with van der Waals surface area (Å²) in [5, 5.41) is 9.85. The van der Waals surface area contributed by atoms with Gasteiger partial charge in [-0.3, -0.25) is 9.98 Å². The van der Waals surface area contributed by atoms with E-state index < -0.39 is 0 Å². The van der Waals surface area contributed by atoms with E-state index in [0.717, 1.165) is 11.1 Å². The van der Waals surface area contributed by atoms with Gasteiger partial charge >= 0.3 is 0 Å². The molecule has 0 amide bonds. The number of benzene rings is 1. The molecule has 0 aliphatic heterocycles. The van der Waals surface area contributed by atoms with Gasteiger partial charge in [-0.25, -0.2) is 0 Å². The first-order chi connectivity index (χ1) is 8.97. The summed E-state index contributed by atoms with van der Waals surface area (Å²) in [6.45, 7) is 6.40. The minimum absolute atomic E-state index is 0.0363. The van der Waals surface area contributed by atoms with Gasteiger partial charge in [0.25, 0.3) is 0 Å². The molecule has 2 rings (SSSR count). The molecular weight excluding hydrogens is 236 g/mol. The second kappa shape index (κ2) is 5.22. The van der Waals surface area contributed by atoms with Crippen LogP contribution < -0.4 is 0 Å². The summed E-state index contributed by atoms with van der Waals surface area (Å²) in [7, 11) is 0. The van der Waals surface area contributed by atoms with Gasteiger partial charge in [0.1, 0.15) is 11.4 Å². The zero-order chi connectivity index (χ0) is 13.9. The molecule has 1 N–H and O–H groups in total. The van der Waals surface area contributed by atoms with Crippen LogP contribution in [0.3, 0.4) is 0 Å². The highest BCUT2D eigenvalue weighted by Gasteiger charge is 2.14. The fourth-order valence-electron chi connectivity index (χ4n) is 1.69. The highest BCUT2D eigenvalue weighted by molar-refractivity contribution is 5.82. The molecule has 0 fully saturated rings. The third-order valence-electron chi connectivity index (χ3n) is 2.90. The highest BCUT2D eigenvalue weighted by atomic mass is 16.3. The molecule has 0 unspecified atom stereocenters. The monoisotopic (exact) mass is 254 g/mol. The van der Waals surface area contributed by atoms with E-state index in [9.17, 15) is 5.11 Å². The van der Waals surface area contributed by atoms with Crippen molar-refractivity contribution in [1.82, 2.24) is 4.98 Å². The normalized spacial score (nSPS) is 11.9. The summed E-state index contributed by atoms with van der Waals surface area (Å²) in [6.07, 6.45) is 5.16. The Kier molecular flexibility index (Phi) is 3.65. The topological polar surface area (TPSA) is 45.5 Å². The van der Waals surface area contributed by atoms with Crippen molar-refractivity contribution in [2.75, 3.05) is 0 Å². The molecule has 0 aliphatic carbocycles. The minimum atomic E-state index is 0.0363. The van der Waals surface area contributed by atoms with Gasteiger partial charge in [0.2, 0.25) is 0 Å². The molecule has 0 saturated heterocycles. The number of nitrogens with zero attached hydrogens (tertiary/aromatic N) is 2. The van der Waals surface area contributed by atoms with Crippen molar-refractivity contribution in [2.24, 2.45) is 4.99 Å². The Labute approximate surface area is 113 Å². The molecule has 2 aromatic rings. The summed E-state index contributed by atoms with van der Waals surface area (Å²) in [5.41, 5.74) is 2.72. The van der Waals surface area contributed by atoms with Crippen LogP contribution in [-0.4, -0.2) is 16.3 Å². The van der Waals surface area contributed by atoms with Crippen LogP contribution in [0.25, 0.3) is 0 Å². The van der Waals surface area contributed by atoms with Crippen molar-refractivity contribution in [2.45, 2.75) is 26.2 Å². The number of phenolic OH excluding ortho intramolecular Hbond substituents is 1. The number of aliphatic imine (C=N–C) groups is 1. The first-order valence-electron chi connectivity index (χ1n) is 6.24. The molecular formula is C16H18N2O. The van der Waals surface area contributed by atoms with E-state index in [1.807, 2.05) is 24.3 Å². The van der Waals surface area contributed by atoms with Gasteiger partial charge in [-0.1, -0.05) is 26.8 Å². The minimum Gasteiger partial charge on any atom is -0.506 e. The molecule has 0 aliphatic rings. The second-order valence-electron chi connectivity index (χ2n) is 5.49. The third kappa shape index (κ3) is 3.41. The van der Waals surface area contributed by atoms with Crippen molar-refractivity contribution in [3.05, 3.63) is 53.9 Å². The number of pyridine rings is 1. The molecule has 19 heavy (non-hydrogen) atoms. The van der Waals surface area contributed by atoms with E-state index in [-0.39, 0.29) is 11.2 Å². The predicted octanol–water partition coefficient (Wildman–Crippen LogP) is 3.84. The summed E-state index contributed by atoms with van der Waals surface area (Å²) < 4.78 is 0. The SMILES string of the molecule is CC(C)(C)c1ccc(O)c(N=Cc2ccncc2)c1. The van der Waals surface area contributed by atoms with Crippen molar-refractivity contribution in [3.63, 3.8) is 0 Å². The van der Waals surface area contributed by atoms with Crippen LogP contribution in [0.4, 0.5) is 5.69 Å². The zero-order valence-electron chi connectivity index (χ0n) is 11.5. The summed E-state index contributed by atoms with van der Waals surface area (Å²) in [5.74, 6) is 0.193. The lowest BCUT2D eigenvalue weighted by molar-refractivity contribution is 0.475. The lowest BCUT2D eigenvalue weighted by Gasteiger charge is -2.19. The lowest BCUT2D eigenvalue weighted by atomic mass is 9.87. The molecule has 3 heteroatoms. The van der Waals surface area contributed by atoms with Gasteiger partial charge in [0, 0.05) is 18.6 Å². The number of phenols is 1. The van der Waals surface area contributed by atoms with E-state index in [4.69, 9.17) is 0 Å². The van der Waals surface area contributed by atoms with Crippen LogP contribution in [0.2, 0.25) is 0 Å². The largest absolute Gasteiger partial charge is 0.506 e. The van der Waals surface area contributed by atoms with Gasteiger partial charge in [0.05, 0.1) is 0 Å². The van der Waals surface area contributed by atoms with Crippen molar-refractivity contribution >= 4 is 11.9 Å². The van der Waals surface area contributed by atoms with Crippen LogP contribution in [0.5, 0.6) is 5.75 Å². The average Bonchev–Trinajstić information content (AvgIpc) is 2.37. The summed E-state index contributed by atoms with van der Waals surface area (Å²) >= 11 is 0. The number of rotatable bonds is 2. The Hall–Kier alpha value is -2.16. The third-order valence-corrected chi connectivity index (χ3v) is 2.90. The molecule has 1 aromatic heterocycles. The number of hydrogen-bond donors (Lipinski definition) is 1. The zero-order valence-corrected chi connectivity index (χ0v) is 11.5. The Bertz CT molecular complexity index is 583. The summed E-state index contributed by atoms with van der Waals surface area (Å²) in [6, 6.07) is 9.29. The molecule has 1 heterocycles. The molecule has 0 spiro atoms. The van der Waals surface area contributed by atoms with Crippen molar-refractivity contribution in [3.8, 4) is 5.75 Å². The first-order valence-corrected chi connectivity index (χ1v) is 6.24. The van der Waals surface area contributed by atoms with E-state index in [1.165, 1.54) is 0 Å². The Morgan fingerprint density at radius 2 is 1.79 bits per heavy atom. The summed E-state index contributed by atoms with van der Waals surface area (Å²) in [4.78, 5) is 8.30. The molecule has 0 bridgehead atoms. The molecule has 3 nitrogen and oxygen atoms in total. The van der Waals surface area contributed by atoms with Gasteiger partial charge in [0.15, 0.2) is 0 Å². The van der Waals surface area contributed by atoms with Crippen molar-refractivity contribution < 1.29 is 5.11 Å². The molecule has 0 atom stereocenters. The van der Waals surface area contributed by atoms with Gasteiger partial charge in [-0.05, 0) is 40.8 Å². The predicted molar refractivity (Wildman–Crippen MR) is 78.3 cm³/mol. The van der Waals surface area contributed by atoms with Crippen molar-refractivity contribution in [1.29, 1.82) is 0 Å². The molecule has 98 valence electrons. The van der Waals surface area contributed by atoms with E-state index in [0.29, 0.717) is 5.69 Å². The maximum atomic E-state index is 9.85. The maximum Gasteiger partial charge on any atom is 0.141 e. The standard InChI is InChI=1S/C16H18N2O/c1-16(2,3)13-4-5-15(19)14(10-13)18-11-12-6-8-17-9-7-12/h4-11,19H,1-3H3. The molecule has 0 saturated carbocycles. The molecule has 1 aromatic carbocycles. The van der Waals surface area contributed by atoms with E-state index >= 15 is 0 Å². The Morgan fingerprint density at radius 3 is 2.42 bits per heavy atom. The van der Waals surface area contributed by atoms with E-state index in [1.54, 1.807) is 24.7 Å². The smallest absolute Gasteiger partial charge is 0.141 e.